The quantitative estimate of drug-likeness (QED) is 0.675. The van der Waals surface area contributed by atoms with Crippen LogP contribution in [0.4, 0.5) is 4.79 Å². The van der Waals surface area contributed by atoms with Crippen molar-refractivity contribution in [3.63, 3.8) is 0 Å². The highest BCUT2D eigenvalue weighted by molar-refractivity contribution is 6.11. The monoisotopic (exact) mass is 274 g/mol. The van der Waals surface area contributed by atoms with E-state index in [2.05, 4.69) is 5.32 Å². The van der Waals surface area contributed by atoms with E-state index in [-0.39, 0.29) is 18.2 Å². The fourth-order valence-electron chi connectivity index (χ4n) is 2.23. The first-order valence-electron chi connectivity index (χ1n) is 6.47. The average molecular weight is 274 g/mol. The van der Waals surface area contributed by atoms with E-state index in [1.54, 1.807) is 19.9 Å². The van der Waals surface area contributed by atoms with Gasteiger partial charge in [0.15, 0.2) is 5.78 Å². The van der Waals surface area contributed by atoms with E-state index in [0.717, 1.165) is 16.0 Å². The fourth-order valence-corrected chi connectivity index (χ4v) is 2.23. The molecule has 0 radical (unpaired) electrons. The van der Waals surface area contributed by atoms with Crippen LogP contribution in [-0.2, 0) is 4.79 Å². The highest BCUT2D eigenvalue weighted by Crippen LogP contribution is 2.18. The lowest BCUT2D eigenvalue weighted by molar-refractivity contribution is -0.129. The lowest BCUT2D eigenvalue weighted by Crippen LogP contribution is -2.41. The number of benzene rings is 1. The number of ketones is 1. The zero-order valence-corrected chi connectivity index (χ0v) is 12.1. The molecule has 0 saturated carbocycles. The fraction of sp³-hybridized carbons (Fsp3) is 0.400. The highest BCUT2D eigenvalue weighted by atomic mass is 16.2. The molecule has 2 rings (SSSR count). The second kappa shape index (κ2) is 4.74. The Bertz CT molecular complexity index is 605. The SMILES string of the molecule is Cc1ccc(C)c(C(=O)CN2C(=O)NC(C)(C)C2=O)c1. The standard InChI is InChI=1S/C15H18N2O3/c1-9-5-6-10(2)11(7-9)12(18)8-17-13(19)15(3,4)16-14(17)20/h5-7H,8H2,1-4H3,(H,16,20). The van der Waals surface area contributed by atoms with Crippen LogP contribution in [0.1, 0.15) is 35.3 Å². The third-order valence-corrected chi connectivity index (χ3v) is 3.44. The van der Waals surface area contributed by atoms with Gasteiger partial charge < -0.3 is 5.32 Å². The minimum atomic E-state index is -0.945. The Morgan fingerprint density at radius 1 is 1.25 bits per heavy atom. The van der Waals surface area contributed by atoms with Crippen LogP contribution < -0.4 is 5.32 Å². The average Bonchev–Trinajstić information content (AvgIpc) is 2.54. The van der Waals surface area contributed by atoms with Crippen LogP contribution in [0.25, 0.3) is 0 Å². The predicted octanol–water partition coefficient (Wildman–Crippen LogP) is 1.82. The maximum atomic E-state index is 12.3. The smallest absolute Gasteiger partial charge is 0.324 e. The molecule has 0 spiro atoms. The van der Waals surface area contributed by atoms with Gasteiger partial charge in [0.05, 0.1) is 6.54 Å². The lowest BCUT2D eigenvalue weighted by atomic mass is 10.0. The molecule has 1 aliphatic heterocycles. The van der Waals surface area contributed by atoms with Crippen LogP contribution >= 0.6 is 0 Å². The molecule has 1 aromatic rings. The summed E-state index contributed by atoms with van der Waals surface area (Å²) in [5.74, 6) is -0.603. The third-order valence-electron chi connectivity index (χ3n) is 3.44. The van der Waals surface area contributed by atoms with E-state index in [0.29, 0.717) is 5.56 Å². The Kier molecular flexibility index (Phi) is 3.38. The van der Waals surface area contributed by atoms with E-state index in [1.807, 2.05) is 26.0 Å². The van der Waals surface area contributed by atoms with Crippen molar-refractivity contribution < 1.29 is 14.4 Å². The van der Waals surface area contributed by atoms with Crippen molar-refractivity contribution in [3.8, 4) is 0 Å². The van der Waals surface area contributed by atoms with Crippen molar-refractivity contribution in [3.05, 3.63) is 34.9 Å². The first-order valence-corrected chi connectivity index (χ1v) is 6.47. The first kappa shape index (κ1) is 14.2. The summed E-state index contributed by atoms with van der Waals surface area (Å²) in [4.78, 5) is 37.1. The van der Waals surface area contributed by atoms with Crippen LogP contribution in [-0.4, -0.2) is 34.7 Å². The number of rotatable bonds is 3. The van der Waals surface area contributed by atoms with Gasteiger partial charge in [-0.05, 0) is 39.3 Å². The van der Waals surface area contributed by atoms with Crippen LogP contribution in [0, 0.1) is 13.8 Å². The summed E-state index contributed by atoms with van der Waals surface area (Å²) in [5.41, 5.74) is 1.41. The van der Waals surface area contributed by atoms with Crippen molar-refractivity contribution in [2.75, 3.05) is 6.54 Å². The molecule has 1 aliphatic rings. The number of carbonyl (C=O) groups is 3. The van der Waals surface area contributed by atoms with Crippen molar-refractivity contribution in [2.45, 2.75) is 33.2 Å². The maximum Gasteiger partial charge on any atom is 0.325 e. The summed E-state index contributed by atoms with van der Waals surface area (Å²) >= 11 is 0. The maximum absolute atomic E-state index is 12.3. The third kappa shape index (κ3) is 2.43. The Hall–Kier alpha value is -2.17. The summed E-state index contributed by atoms with van der Waals surface area (Å²) in [6.07, 6.45) is 0. The molecule has 1 fully saturated rings. The molecule has 20 heavy (non-hydrogen) atoms. The zero-order chi connectivity index (χ0) is 15.1. The first-order chi connectivity index (χ1) is 9.22. The molecule has 1 heterocycles. The number of nitrogens with one attached hydrogen (secondary N) is 1. The molecule has 5 heteroatoms. The zero-order valence-electron chi connectivity index (χ0n) is 12.1. The molecule has 0 aliphatic carbocycles. The number of carbonyl (C=O) groups excluding carboxylic acids is 3. The molecule has 1 aromatic carbocycles. The van der Waals surface area contributed by atoms with E-state index < -0.39 is 11.6 Å². The van der Waals surface area contributed by atoms with Gasteiger partial charge in [-0.3, -0.25) is 14.5 Å². The summed E-state index contributed by atoms with van der Waals surface area (Å²) in [6.45, 7) is 6.75. The molecule has 0 unspecified atom stereocenters. The number of hydrogen-bond donors (Lipinski definition) is 1. The number of urea groups is 1. The van der Waals surface area contributed by atoms with E-state index in [1.165, 1.54) is 0 Å². The predicted molar refractivity (Wildman–Crippen MR) is 74.6 cm³/mol. The number of aryl methyl sites for hydroxylation is 2. The molecule has 5 nitrogen and oxygen atoms in total. The molecule has 106 valence electrons. The molecule has 1 saturated heterocycles. The number of hydrogen-bond acceptors (Lipinski definition) is 3. The van der Waals surface area contributed by atoms with Crippen molar-refractivity contribution in [1.29, 1.82) is 0 Å². The van der Waals surface area contributed by atoms with E-state index in [4.69, 9.17) is 0 Å². The second-order valence-corrected chi connectivity index (χ2v) is 5.69. The number of nitrogens with zero attached hydrogens (tertiary/aromatic N) is 1. The molecule has 1 N–H and O–H groups in total. The van der Waals surface area contributed by atoms with Gasteiger partial charge in [0.25, 0.3) is 5.91 Å². The van der Waals surface area contributed by atoms with Crippen LogP contribution in [0.5, 0.6) is 0 Å². The van der Waals surface area contributed by atoms with Gasteiger partial charge in [-0.25, -0.2) is 4.79 Å². The molecule has 0 aromatic heterocycles. The Morgan fingerprint density at radius 2 is 1.90 bits per heavy atom. The van der Waals surface area contributed by atoms with Crippen molar-refractivity contribution in [1.82, 2.24) is 10.2 Å². The van der Waals surface area contributed by atoms with Gasteiger partial charge in [-0.2, -0.15) is 0 Å². The lowest BCUT2D eigenvalue weighted by Gasteiger charge is -2.16. The summed E-state index contributed by atoms with van der Waals surface area (Å²) < 4.78 is 0. The summed E-state index contributed by atoms with van der Waals surface area (Å²) in [6, 6.07) is 5.04. The van der Waals surface area contributed by atoms with Crippen LogP contribution in [0.3, 0.4) is 0 Å². The van der Waals surface area contributed by atoms with Gasteiger partial charge in [-0.1, -0.05) is 17.7 Å². The van der Waals surface area contributed by atoms with Crippen molar-refractivity contribution >= 4 is 17.7 Å². The number of amides is 3. The van der Waals surface area contributed by atoms with Gasteiger partial charge in [0.1, 0.15) is 5.54 Å². The van der Waals surface area contributed by atoms with Gasteiger partial charge >= 0.3 is 6.03 Å². The molecule has 0 bridgehead atoms. The minimum absolute atomic E-state index is 0.224. The minimum Gasteiger partial charge on any atom is -0.324 e. The Morgan fingerprint density at radius 3 is 2.45 bits per heavy atom. The Balaban J connectivity index is 2.22. The topological polar surface area (TPSA) is 66.5 Å². The Labute approximate surface area is 118 Å². The van der Waals surface area contributed by atoms with E-state index in [9.17, 15) is 14.4 Å². The number of Topliss-reactive ketones (excluding diaryl/α,β-unsaturated/α-hetero) is 1. The highest BCUT2D eigenvalue weighted by Gasteiger charge is 2.44. The summed E-state index contributed by atoms with van der Waals surface area (Å²) in [7, 11) is 0. The molecule has 3 amide bonds. The summed E-state index contributed by atoms with van der Waals surface area (Å²) in [5, 5.41) is 2.56. The van der Waals surface area contributed by atoms with Crippen LogP contribution in [0.2, 0.25) is 0 Å². The van der Waals surface area contributed by atoms with Crippen molar-refractivity contribution in [2.24, 2.45) is 0 Å². The van der Waals surface area contributed by atoms with Gasteiger partial charge in [0, 0.05) is 5.56 Å². The second-order valence-electron chi connectivity index (χ2n) is 5.69. The largest absolute Gasteiger partial charge is 0.325 e. The molecule has 0 atom stereocenters. The van der Waals surface area contributed by atoms with Crippen LogP contribution in [0.15, 0.2) is 18.2 Å². The van der Waals surface area contributed by atoms with Gasteiger partial charge in [-0.15, -0.1) is 0 Å². The van der Waals surface area contributed by atoms with E-state index >= 15 is 0 Å². The number of imide groups is 1. The molecular formula is C15H18N2O3. The normalized spacial score (nSPS) is 17.3. The van der Waals surface area contributed by atoms with Gasteiger partial charge in [0.2, 0.25) is 0 Å². The molecular weight excluding hydrogens is 256 g/mol.